The summed E-state index contributed by atoms with van der Waals surface area (Å²) in [5.41, 5.74) is -0.908. The Balaban J connectivity index is 2.66. The molecule has 0 aliphatic carbocycles. The van der Waals surface area contributed by atoms with Crippen LogP contribution in [-0.2, 0) is 4.74 Å². The topological polar surface area (TPSA) is 76.7 Å². The molecule has 1 aliphatic rings. The molecule has 0 amide bonds. The minimum atomic E-state index is -0.908. The van der Waals surface area contributed by atoms with Gasteiger partial charge >= 0.3 is 0 Å². The van der Waals surface area contributed by atoms with Gasteiger partial charge in [-0.05, 0) is 7.05 Å². The Morgan fingerprint density at radius 3 is 2.71 bits per heavy atom. The van der Waals surface area contributed by atoms with Crippen molar-refractivity contribution >= 4 is 0 Å². The first-order chi connectivity index (χ1) is 6.65. The zero-order chi connectivity index (χ0) is 10.6. The molecule has 0 aromatic heterocycles. The smallest absolute Gasteiger partial charge is 0.127 e. The second-order valence-electron chi connectivity index (χ2n) is 3.80. The van der Waals surface area contributed by atoms with Crippen LogP contribution in [0.5, 0.6) is 0 Å². The van der Waals surface area contributed by atoms with Gasteiger partial charge in [0.05, 0.1) is 31.8 Å². The number of morpholine rings is 1. The molecule has 1 saturated heterocycles. The molecule has 14 heavy (non-hydrogen) atoms. The first-order valence-electron chi connectivity index (χ1n) is 4.61. The predicted molar refractivity (Wildman–Crippen MR) is 49.5 cm³/mol. The molecule has 0 spiro atoms. The number of hydrogen-bond acceptors (Lipinski definition) is 5. The van der Waals surface area contributed by atoms with Gasteiger partial charge < -0.3 is 19.8 Å². The molecule has 0 radical (unpaired) electrons. The Kier molecular flexibility index (Phi) is 3.84. The van der Waals surface area contributed by atoms with Gasteiger partial charge in [0.1, 0.15) is 5.60 Å². The maximum atomic E-state index is 9.15. The van der Waals surface area contributed by atoms with Crippen LogP contribution in [0.15, 0.2) is 0 Å². The number of rotatable bonds is 3. The summed E-state index contributed by atoms with van der Waals surface area (Å²) in [6.45, 7) is 0.697. The van der Waals surface area contributed by atoms with E-state index in [4.69, 9.17) is 20.2 Å². The van der Waals surface area contributed by atoms with E-state index in [1.54, 1.807) is 0 Å². The second kappa shape index (κ2) is 4.71. The van der Waals surface area contributed by atoms with E-state index in [1.807, 2.05) is 18.0 Å². The highest BCUT2D eigenvalue weighted by Gasteiger charge is 2.38. The first kappa shape index (κ1) is 11.4. The molecule has 1 atom stereocenters. The van der Waals surface area contributed by atoms with Crippen LogP contribution < -0.4 is 0 Å². The number of likely N-dealkylation sites (N-methyl/N-ethyl adjacent to an activating group) is 1. The molecule has 0 aromatic rings. The van der Waals surface area contributed by atoms with Crippen LogP contribution in [0.3, 0.4) is 0 Å². The van der Waals surface area contributed by atoms with Crippen LogP contribution in [0.25, 0.3) is 0 Å². The number of nitriles is 1. The Hall–Kier alpha value is -0.670. The average molecular weight is 200 g/mol. The van der Waals surface area contributed by atoms with Crippen molar-refractivity contribution in [2.24, 2.45) is 0 Å². The van der Waals surface area contributed by atoms with Gasteiger partial charge in [0.15, 0.2) is 0 Å². The highest BCUT2D eigenvalue weighted by atomic mass is 16.5. The lowest BCUT2D eigenvalue weighted by molar-refractivity contribution is -0.184. The molecule has 0 unspecified atom stereocenters. The van der Waals surface area contributed by atoms with Crippen LogP contribution in [-0.4, -0.2) is 60.2 Å². The van der Waals surface area contributed by atoms with Gasteiger partial charge in [-0.1, -0.05) is 0 Å². The lowest BCUT2D eigenvalue weighted by Gasteiger charge is -2.42. The molecular formula is C9H16N2O3. The van der Waals surface area contributed by atoms with Crippen LogP contribution in [0, 0.1) is 11.3 Å². The highest BCUT2D eigenvalue weighted by Crippen LogP contribution is 2.21. The average Bonchev–Trinajstić information content (AvgIpc) is 2.17. The van der Waals surface area contributed by atoms with Crippen molar-refractivity contribution in [1.29, 1.82) is 5.26 Å². The Morgan fingerprint density at radius 2 is 2.21 bits per heavy atom. The number of aliphatic hydroxyl groups excluding tert-OH is 2. The van der Waals surface area contributed by atoms with Crippen LogP contribution in [0.4, 0.5) is 0 Å². The Bertz CT molecular complexity index is 223. The standard InChI is InChI=1S/C9H16N2O3/c1-11-4-8(2-3-10)14-9(5-11,6-12)7-13/h8,12-13H,2,4-7H2,1H3/t8-/m1/s1. The molecule has 80 valence electrons. The number of ether oxygens (including phenoxy) is 1. The summed E-state index contributed by atoms with van der Waals surface area (Å²) in [5.74, 6) is 0. The second-order valence-corrected chi connectivity index (χ2v) is 3.80. The van der Waals surface area contributed by atoms with Gasteiger partial charge in [0.2, 0.25) is 0 Å². The lowest BCUT2D eigenvalue weighted by Crippen LogP contribution is -2.58. The highest BCUT2D eigenvalue weighted by molar-refractivity contribution is 4.91. The minimum Gasteiger partial charge on any atom is -0.393 e. The van der Waals surface area contributed by atoms with Crippen LogP contribution >= 0.6 is 0 Å². The molecule has 1 heterocycles. The third kappa shape index (κ3) is 2.42. The van der Waals surface area contributed by atoms with Crippen molar-refractivity contribution in [3.8, 4) is 6.07 Å². The van der Waals surface area contributed by atoms with E-state index in [0.717, 1.165) is 0 Å². The fourth-order valence-corrected chi connectivity index (χ4v) is 1.76. The predicted octanol–water partition coefficient (Wildman–Crippen LogP) is -1.05. The molecule has 2 N–H and O–H groups in total. The molecule has 5 heteroatoms. The van der Waals surface area contributed by atoms with Gasteiger partial charge in [-0.25, -0.2) is 0 Å². The van der Waals surface area contributed by atoms with Crippen LogP contribution in [0.1, 0.15) is 6.42 Å². The zero-order valence-electron chi connectivity index (χ0n) is 8.31. The van der Waals surface area contributed by atoms with E-state index in [1.165, 1.54) is 0 Å². The summed E-state index contributed by atoms with van der Waals surface area (Å²) in [6.07, 6.45) is 0.0598. The van der Waals surface area contributed by atoms with Gasteiger partial charge in [-0.2, -0.15) is 5.26 Å². The monoisotopic (exact) mass is 200 g/mol. The van der Waals surface area contributed by atoms with E-state index in [-0.39, 0.29) is 25.7 Å². The summed E-state index contributed by atoms with van der Waals surface area (Å²) >= 11 is 0. The van der Waals surface area contributed by atoms with E-state index >= 15 is 0 Å². The van der Waals surface area contributed by atoms with Crippen molar-refractivity contribution in [3.05, 3.63) is 0 Å². The third-order valence-electron chi connectivity index (χ3n) is 2.39. The molecule has 5 nitrogen and oxygen atoms in total. The van der Waals surface area contributed by atoms with Gasteiger partial charge in [0.25, 0.3) is 0 Å². The number of aliphatic hydroxyl groups is 2. The van der Waals surface area contributed by atoms with Crippen molar-refractivity contribution in [1.82, 2.24) is 4.90 Å². The Labute approximate surface area is 83.5 Å². The van der Waals surface area contributed by atoms with Crippen molar-refractivity contribution in [3.63, 3.8) is 0 Å². The quantitative estimate of drug-likeness (QED) is 0.608. The van der Waals surface area contributed by atoms with Gasteiger partial charge in [0, 0.05) is 13.1 Å². The molecule has 1 aliphatic heterocycles. The SMILES string of the molecule is CN1C[C@@H](CC#N)OC(CO)(CO)C1. The Morgan fingerprint density at radius 1 is 1.57 bits per heavy atom. The maximum absolute atomic E-state index is 9.15. The number of hydrogen-bond donors (Lipinski definition) is 2. The molecule has 1 rings (SSSR count). The molecule has 0 aromatic carbocycles. The number of nitrogens with zero attached hydrogens (tertiary/aromatic N) is 2. The van der Waals surface area contributed by atoms with E-state index in [0.29, 0.717) is 13.1 Å². The third-order valence-corrected chi connectivity index (χ3v) is 2.39. The lowest BCUT2D eigenvalue weighted by atomic mass is 10.0. The van der Waals surface area contributed by atoms with Crippen molar-refractivity contribution in [2.75, 3.05) is 33.4 Å². The fraction of sp³-hybridized carbons (Fsp3) is 0.889. The maximum Gasteiger partial charge on any atom is 0.127 e. The largest absolute Gasteiger partial charge is 0.393 e. The molecule has 0 bridgehead atoms. The van der Waals surface area contributed by atoms with E-state index < -0.39 is 5.60 Å². The zero-order valence-corrected chi connectivity index (χ0v) is 8.31. The fourth-order valence-electron chi connectivity index (χ4n) is 1.76. The van der Waals surface area contributed by atoms with E-state index in [2.05, 4.69) is 0 Å². The van der Waals surface area contributed by atoms with E-state index in [9.17, 15) is 0 Å². The molecular weight excluding hydrogens is 184 g/mol. The minimum absolute atomic E-state index is 0.224. The van der Waals surface area contributed by atoms with Gasteiger partial charge in [-0.15, -0.1) is 0 Å². The summed E-state index contributed by atoms with van der Waals surface area (Å²) in [7, 11) is 1.88. The normalized spacial score (nSPS) is 27.1. The molecule has 1 fully saturated rings. The molecule has 0 saturated carbocycles. The first-order valence-corrected chi connectivity index (χ1v) is 4.61. The van der Waals surface area contributed by atoms with Crippen LogP contribution in [0.2, 0.25) is 0 Å². The summed E-state index contributed by atoms with van der Waals surface area (Å²) in [5, 5.41) is 26.8. The summed E-state index contributed by atoms with van der Waals surface area (Å²) in [6, 6.07) is 2.03. The summed E-state index contributed by atoms with van der Waals surface area (Å²) < 4.78 is 5.52. The van der Waals surface area contributed by atoms with Gasteiger partial charge in [-0.3, -0.25) is 0 Å². The summed E-state index contributed by atoms with van der Waals surface area (Å²) in [4.78, 5) is 1.96. The van der Waals surface area contributed by atoms with Crippen molar-refractivity contribution in [2.45, 2.75) is 18.1 Å². The van der Waals surface area contributed by atoms with Crippen molar-refractivity contribution < 1.29 is 14.9 Å².